The van der Waals surface area contributed by atoms with Gasteiger partial charge in [0, 0.05) is 5.56 Å². The highest BCUT2D eigenvalue weighted by Gasteiger charge is 2.13. The average molecular weight is 203 g/mol. The fourth-order valence-electron chi connectivity index (χ4n) is 2.09. The number of likely N-dealkylation sites (N-methyl/N-ethyl adjacent to an activating group) is 1. The van der Waals surface area contributed by atoms with Crippen molar-refractivity contribution in [1.29, 1.82) is 0 Å². The summed E-state index contributed by atoms with van der Waals surface area (Å²) in [4.78, 5) is 11.7. The fraction of sp³-hybridized carbons (Fsp3) is 0.462. The first-order valence-corrected chi connectivity index (χ1v) is 5.67. The minimum absolute atomic E-state index is 0.201. The van der Waals surface area contributed by atoms with E-state index in [0.29, 0.717) is 6.54 Å². The molecule has 80 valence electrons. The fourth-order valence-corrected chi connectivity index (χ4v) is 2.09. The molecule has 1 aliphatic rings. The molecule has 2 nitrogen and oxygen atoms in total. The van der Waals surface area contributed by atoms with Crippen LogP contribution in [-0.2, 0) is 12.8 Å². The zero-order valence-electron chi connectivity index (χ0n) is 9.18. The van der Waals surface area contributed by atoms with Crippen LogP contribution >= 0.6 is 0 Å². The zero-order chi connectivity index (χ0) is 10.7. The molecule has 1 N–H and O–H groups in total. The molecule has 0 bridgehead atoms. The number of ketones is 1. The van der Waals surface area contributed by atoms with Crippen LogP contribution in [0.15, 0.2) is 18.2 Å². The summed E-state index contributed by atoms with van der Waals surface area (Å²) in [5, 5.41) is 3.06. The Morgan fingerprint density at radius 3 is 2.93 bits per heavy atom. The summed E-state index contributed by atoms with van der Waals surface area (Å²) in [5.41, 5.74) is 3.66. The van der Waals surface area contributed by atoms with Gasteiger partial charge in [0.15, 0.2) is 5.78 Å². The van der Waals surface area contributed by atoms with Crippen molar-refractivity contribution >= 4 is 5.78 Å². The third kappa shape index (κ3) is 2.26. The van der Waals surface area contributed by atoms with Crippen molar-refractivity contribution in [2.45, 2.75) is 26.2 Å². The Hall–Kier alpha value is -1.15. The van der Waals surface area contributed by atoms with E-state index >= 15 is 0 Å². The van der Waals surface area contributed by atoms with Gasteiger partial charge in [-0.05, 0) is 43.0 Å². The third-order valence-electron chi connectivity index (χ3n) is 2.96. The predicted molar refractivity (Wildman–Crippen MR) is 61.3 cm³/mol. The third-order valence-corrected chi connectivity index (χ3v) is 2.96. The second-order valence-electron chi connectivity index (χ2n) is 4.04. The molecule has 0 radical (unpaired) electrons. The standard InChI is InChI=1S/C13H17NO/c1-2-14-9-13(15)12-7-6-10-4-3-5-11(10)8-12/h6-8,14H,2-5,9H2,1H3. The smallest absolute Gasteiger partial charge is 0.176 e. The van der Waals surface area contributed by atoms with Crippen LogP contribution in [0, 0.1) is 0 Å². The van der Waals surface area contributed by atoms with E-state index in [9.17, 15) is 4.79 Å². The van der Waals surface area contributed by atoms with Gasteiger partial charge in [0.05, 0.1) is 6.54 Å². The van der Waals surface area contributed by atoms with E-state index < -0.39 is 0 Å². The maximum Gasteiger partial charge on any atom is 0.176 e. The summed E-state index contributed by atoms with van der Waals surface area (Å²) < 4.78 is 0. The number of nitrogens with one attached hydrogen (secondary N) is 1. The Bertz CT molecular complexity index is 371. The lowest BCUT2D eigenvalue weighted by molar-refractivity contribution is 0.0991. The van der Waals surface area contributed by atoms with Gasteiger partial charge in [-0.25, -0.2) is 0 Å². The second kappa shape index (κ2) is 4.58. The van der Waals surface area contributed by atoms with Gasteiger partial charge in [0.2, 0.25) is 0 Å². The van der Waals surface area contributed by atoms with Crippen LogP contribution in [0.3, 0.4) is 0 Å². The highest BCUT2D eigenvalue weighted by Crippen LogP contribution is 2.22. The van der Waals surface area contributed by atoms with Crippen molar-refractivity contribution in [3.05, 3.63) is 34.9 Å². The predicted octanol–water partition coefficient (Wildman–Crippen LogP) is 1.97. The van der Waals surface area contributed by atoms with E-state index in [1.807, 2.05) is 13.0 Å². The lowest BCUT2D eigenvalue weighted by Gasteiger charge is -2.04. The monoisotopic (exact) mass is 203 g/mol. The molecule has 15 heavy (non-hydrogen) atoms. The molecule has 1 aromatic rings. The molecule has 0 heterocycles. The van der Waals surface area contributed by atoms with E-state index in [4.69, 9.17) is 0 Å². The molecule has 1 aromatic carbocycles. The topological polar surface area (TPSA) is 29.1 Å². The van der Waals surface area contributed by atoms with Crippen LogP contribution in [0.4, 0.5) is 0 Å². The SMILES string of the molecule is CCNCC(=O)c1ccc2c(c1)CCC2. The molecule has 0 unspecified atom stereocenters. The Balaban J connectivity index is 2.12. The van der Waals surface area contributed by atoms with E-state index in [1.165, 1.54) is 24.0 Å². The van der Waals surface area contributed by atoms with Gasteiger partial charge >= 0.3 is 0 Å². The highest BCUT2D eigenvalue weighted by molar-refractivity contribution is 5.97. The number of carbonyl (C=O) groups excluding carboxylic acids is 1. The van der Waals surface area contributed by atoms with E-state index in [2.05, 4.69) is 17.4 Å². The van der Waals surface area contributed by atoms with Crippen molar-refractivity contribution in [2.75, 3.05) is 13.1 Å². The van der Waals surface area contributed by atoms with E-state index in [0.717, 1.165) is 18.5 Å². The minimum Gasteiger partial charge on any atom is -0.310 e. The van der Waals surface area contributed by atoms with Crippen LogP contribution in [0.25, 0.3) is 0 Å². The van der Waals surface area contributed by atoms with Crippen molar-refractivity contribution in [3.8, 4) is 0 Å². The van der Waals surface area contributed by atoms with Gasteiger partial charge in [0.25, 0.3) is 0 Å². The maximum absolute atomic E-state index is 11.7. The van der Waals surface area contributed by atoms with Crippen molar-refractivity contribution in [3.63, 3.8) is 0 Å². The number of fused-ring (bicyclic) bond motifs is 1. The molecule has 0 aromatic heterocycles. The molecule has 2 heteroatoms. The van der Waals surface area contributed by atoms with Gasteiger partial charge in [-0.3, -0.25) is 4.79 Å². The Labute approximate surface area is 90.7 Å². The molecule has 0 aliphatic heterocycles. The van der Waals surface area contributed by atoms with Gasteiger partial charge < -0.3 is 5.32 Å². The maximum atomic E-state index is 11.7. The molecule has 0 saturated carbocycles. The largest absolute Gasteiger partial charge is 0.310 e. The minimum atomic E-state index is 0.201. The summed E-state index contributed by atoms with van der Waals surface area (Å²) in [6.07, 6.45) is 3.55. The van der Waals surface area contributed by atoms with Crippen molar-refractivity contribution < 1.29 is 4.79 Å². The molecule has 0 saturated heterocycles. The number of benzene rings is 1. The quantitative estimate of drug-likeness (QED) is 0.758. The van der Waals surface area contributed by atoms with Crippen LogP contribution in [0.2, 0.25) is 0 Å². The van der Waals surface area contributed by atoms with Gasteiger partial charge in [-0.15, -0.1) is 0 Å². The number of rotatable bonds is 4. The van der Waals surface area contributed by atoms with Crippen molar-refractivity contribution in [2.24, 2.45) is 0 Å². The van der Waals surface area contributed by atoms with Crippen LogP contribution in [0.1, 0.15) is 34.8 Å². The molecule has 0 atom stereocenters. The Morgan fingerprint density at radius 2 is 2.13 bits per heavy atom. The van der Waals surface area contributed by atoms with E-state index in [1.54, 1.807) is 0 Å². The van der Waals surface area contributed by atoms with Crippen LogP contribution in [0.5, 0.6) is 0 Å². The average Bonchev–Trinajstić information content (AvgIpc) is 2.72. The van der Waals surface area contributed by atoms with E-state index in [-0.39, 0.29) is 5.78 Å². The first kappa shape index (κ1) is 10.4. The number of Topliss-reactive ketones (excluding diaryl/α,β-unsaturated/α-hetero) is 1. The lowest BCUT2D eigenvalue weighted by Crippen LogP contribution is -2.22. The van der Waals surface area contributed by atoms with Gasteiger partial charge in [-0.2, -0.15) is 0 Å². The number of hydrogen-bond donors (Lipinski definition) is 1. The van der Waals surface area contributed by atoms with Gasteiger partial charge in [0.1, 0.15) is 0 Å². The zero-order valence-corrected chi connectivity index (χ0v) is 9.18. The molecular weight excluding hydrogens is 186 g/mol. The second-order valence-corrected chi connectivity index (χ2v) is 4.04. The molecule has 0 amide bonds. The normalized spacial score (nSPS) is 13.9. The molecule has 2 rings (SSSR count). The van der Waals surface area contributed by atoms with Crippen molar-refractivity contribution in [1.82, 2.24) is 5.32 Å². The van der Waals surface area contributed by atoms with Crippen LogP contribution in [-0.4, -0.2) is 18.9 Å². The molecule has 0 spiro atoms. The molecular formula is C13H17NO. The van der Waals surface area contributed by atoms with Crippen LogP contribution < -0.4 is 5.32 Å². The van der Waals surface area contributed by atoms with Gasteiger partial charge in [-0.1, -0.05) is 19.1 Å². The number of carbonyl (C=O) groups is 1. The lowest BCUT2D eigenvalue weighted by atomic mass is 10.0. The first-order valence-electron chi connectivity index (χ1n) is 5.67. The highest BCUT2D eigenvalue weighted by atomic mass is 16.1. The summed E-state index contributed by atoms with van der Waals surface area (Å²) >= 11 is 0. The summed E-state index contributed by atoms with van der Waals surface area (Å²) in [6.45, 7) is 3.31. The summed E-state index contributed by atoms with van der Waals surface area (Å²) in [7, 11) is 0. The molecule has 1 aliphatic carbocycles. The summed E-state index contributed by atoms with van der Waals surface area (Å²) in [5.74, 6) is 0.201. The Kier molecular flexibility index (Phi) is 3.17. The molecule has 0 fully saturated rings. The first-order chi connectivity index (χ1) is 7.31. The number of hydrogen-bond acceptors (Lipinski definition) is 2. The summed E-state index contributed by atoms with van der Waals surface area (Å²) in [6, 6.07) is 6.15. The Morgan fingerprint density at radius 1 is 1.33 bits per heavy atom. The number of aryl methyl sites for hydroxylation is 2.